The molecule has 1 heterocycles. The Hall–Kier alpha value is -2.05. The average Bonchev–Trinajstić information content (AvgIpc) is 2.37. The molecule has 0 aromatic carbocycles. The zero-order valence-corrected chi connectivity index (χ0v) is 13.5. The summed E-state index contributed by atoms with van der Waals surface area (Å²) < 4.78 is 0. The molecule has 0 bridgehead atoms. The van der Waals surface area contributed by atoms with Crippen molar-refractivity contribution in [3.8, 4) is 0 Å². The van der Waals surface area contributed by atoms with Gasteiger partial charge in [0, 0.05) is 30.6 Å². The van der Waals surface area contributed by atoms with Gasteiger partial charge in [0.15, 0.2) is 0 Å². The predicted octanol–water partition coefficient (Wildman–Crippen LogP) is 1.59. The van der Waals surface area contributed by atoms with Gasteiger partial charge in [-0.1, -0.05) is 20.8 Å². The number of rotatable bonds is 6. The van der Waals surface area contributed by atoms with E-state index in [2.05, 4.69) is 46.7 Å². The lowest BCUT2D eigenvalue weighted by Crippen LogP contribution is -2.33. The molecule has 7 nitrogen and oxygen atoms in total. The minimum Gasteiger partial charge on any atom is -0.370 e. The number of amides is 2. The van der Waals surface area contributed by atoms with Crippen molar-refractivity contribution in [2.24, 2.45) is 5.73 Å². The smallest absolute Gasteiger partial charge is 0.312 e. The van der Waals surface area contributed by atoms with Gasteiger partial charge in [-0.2, -0.15) is 0 Å². The summed E-state index contributed by atoms with van der Waals surface area (Å²) in [7, 11) is 0. The summed E-state index contributed by atoms with van der Waals surface area (Å²) in [6.07, 6.45) is 0. The minimum absolute atomic E-state index is 0.139. The van der Waals surface area contributed by atoms with Gasteiger partial charge in [0.2, 0.25) is 0 Å². The second-order valence-corrected chi connectivity index (χ2v) is 5.87. The molecule has 1 rings (SSSR count). The first-order valence-corrected chi connectivity index (χ1v) is 7.15. The third kappa shape index (κ3) is 5.09. The van der Waals surface area contributed by atoms with Gasteiger partial charge in [0.1, 0.15) is 17.5 Å². The molecule has 7 heteroatoms. The minimum atomic E-state index is -0.528. The molecule has 118 valence electrons. The summed E-state index contributed by atoms with van der Waals surface area (Å²) in [5.74, 6) is 2.38. The molecule has 0 aliphatic carbocycles. The van der Waals surface area contributed by atoms with Crippen molar-refractivity contribution in [1.29, 1.82) is 0 Å². The second kappa shape index (κ2) is 7.10. The monoisotopic (exact) mass is 294 g/mol. The van der Waals surface area contributed by atoms with Crippen LogP contribution in [-0.4, -0.2) is 35.6 Å². The fourth-order valence-electron chi connectivity index (χ4n) is 1.73. The molecule has 0 unspecified atom stereocenters. The number of urea groups is 1. The predicted molar refractivity (Wildman–Crippen MR) is 85.7 cm³/mol. The molecule has 0 aliphatic heterocycles. The van der Waals surface area contributed by atoms with E-state index >= 15 is 0 Å². The first kappa shape index (κ1) is 17.0. The van der Waals surface area contributed by atoms with Gasteiger partial charge < -0.3 is 21.7 Å². The largest absolute Gasteiger partial charge is 0.370 e. The molecule has 5 N–H and O–H groups in total. The molecule has 0 saturated carbocycles. The number of anilines is 2. The molecule has 0 atom stereocenters. The van der Waals surface area contributed by atoms with Crippen molar-refractivity contribution in [2.45, 2.75) is 40.0 Å². The number of aromatic nitrogens is 2. The number of primary amides is 1. The van der Waals surface area contributed by atoms with Gasteiger partial charge in [-0.3, -0.25) is 0 Å². The fraction of sp³-hybridized carbons (Fsp3) is 0.643. The van der Waals surface area contributed by atoms with E-state index in [0.29, 0.717) is 13.1 Å². The molecule has 0 saturated heterocycles. The van der Waals surface area contributed by atoms with E-state index in [9.17, 15) is 4.79 Å². The highest BCUT2D eigenvalue weighted by atomic mass is 16.2. The van der Waals surface area contributed by atoms with E-state index < -0.39 is 6.03 Å². The maximum Gasteiger partial charge on any atom is 0.312 e. The number of hydrogen-bond acceptors (Lipinski definition) is 5. The third-order valence-electron chi connectivity index (χ3n) is 2.88. The highest BCUT2D eigenvalue weighted by Gasteiger charge is 2.20. The average molecular weight is 294 g/mol. The van der Waals surface area contributed by atoms with Gasteiger partial charge in [-0.05, 0) is 13.8 Å². The van der Waals surface area contributed by atoms with Crippen LogP contribution in [0, 0.1) is 6.92 Å². The number of nitrogens with zero attached hydrogens (tertiary/aromatic N) is 2. The topological polar surface area (TPSA) is 105 Å². The van der Waals surface area contributed by atoms with Gasteiger partial charge in [-0.25, -0.2) is 14.8 Å². The van der Waals surface area contributed by atoms with Gasteiger partial charge in [0.05, 0.1) is 0 Å². The maximum atomic E-state index is 10.7. The zero-order valence-electron chi connectivity index (χ0n) is 13.5. The van der Waals surface area contributed by atoms with Crippen LogP contribution in [0.3, 0.4) is 0 Å². The standard InChI is InChI=1S/C14H26N6O/c1-6-16-10-9(2)11(17-7-8-18-13(15)21)20-12(19-10)14(3,4)5/h6-8H2,1-5H3,(H3,15,18,21)(H2,16,17,19,20). The van der Waals surface area contributed by atoms with Crippen molar-refractivity contribution in [3.05, 3.63) is 11.4 Å². The molecule has 0 fully saturated rings. The van der Waals surface area contributed by atoms with E-state index in [1.807, 2.05) is 13.8 Å². The van der Waals surface area contributed by atoms with Crippen LogP contribution in [-0.2, 0) is 5.41 Å². The highest BCUT2D eigenvalue weighted by Crippen LogP contribution is 2.26. The van der Waals surface area contributed by atoms with Crippen molar-refractivity contribution in [1.82, 2.24) is 15.3 Å². The van der Waals surface area contributed by atoms with Gasteiger partial charge in [-0.15, -0.1) is 0 Å². The maximum absolute atomic E-state index is 10.7. The van der Waals surface area contributed by atoms with E-state index in [1.165, 1.54) is 0 Å². The Bertz CT molecular complexity index is 495. The number of carbonyl (C=O) groups excluding carboxylic acids is 1. The van der Waals surface area contributed by atoms with Crippen LogP contribution < -0.4 is 21.7 Å². The molecule has 2 amide bonds. The SMILES string of the molecule is CCNc1nc(C(C)(C)C)nc(NCCNC(N)=O)c1C. The molecular weight excluding hydrogens is 268 g/mol. The number of carbonyl (C=O) groups is 1. The molecule has 0 aliphatic rings. The lowest BCUT2D eigenvalue weighted by molar-refractivity contribution is 0.249. The highest BCUT2D eigenvalue weighted by molar-refractivity contribution is 5.71. The summed E-state index contributed by atoms with van der Waals surface area (Å²) in [4.78, 5) is 19.8. The van der Waals surface area contributed by atoms with Crippen molar-refractivity contribution < 1.29 is 4.79 Å². The fourth-order valence-corrected chi connectivity index (χ4v) is 1.73. The lowest BCUT2D eigenvalue weighted by atomic mass is 9.95. The van der Waals surface area contributed by atoms with Gasteiger partial charge in [0.25, 0.3) is 0 Å². The Morgan fingerprint density at radius 3 is 2.19 bits per heavy atom. The van der Waals surface area contributed by atoms with E-state index in [-0.39, 0.29) is 5.41 Å². The van der Waals surface area contributed by atoms with E-state index in [1.54, 1.807) is 0 Å². The van der Waals surface area contributed by atoms with Crippen LogP contribution >= 0.6 is 0 Å². The molecule has 1 aromatic rings. The normalized spacial score (nSPS) is 11.1. The summed E-state index contributed by atoms with van der Waals surface area (Å²) in [6.45, 7) is 12.0. The Morgan fingerprint density at radius 2 is 1.71 bits per heavy atom. The molecule has 21 heavy (non-hydrogen) atoms. The summed E-state index contributed by atoms with van der Waals surface area (Å²) >= 11 is 0. The number of nitrogens with one attached hydrogen (secondary N) is 3. The van der Waals surface area contributed by atoms with Crippen molar-refractivity contribution >= 4 is 17.7 Å². The first-order valence-electron chi connectivity index (χ1n) is 7.15. The zero-order chi connectivity index (χ0) is 16.0. The van der Waals surface area contributed by atoms with Crippen molar-refractivity contribution in [2.75, 3.05) is 30.3 Å². The summed E-state index contributed by atoms with van der Waals surface area (Å²) in [5, 5.41) is 9.01. The Morgan fingerprint density at radius 1 is 1.14 bits per heavy atom. The van der Waals surface area contributed by atoms with Crippen LogP contribution in [0.1, 0.15) is 39.1 Å². The molecule has 0 spiro atoms. The Balaban J connectivity index is 2.95. The van der Waals surface area contributed by atoms with Crippen LogP contribution in [0.25, 0.3) is 0 Å². The quantitative estimate of drug-likeness (QED) is 0.596. The van der Waals surface area contributed by atoms with Gasteiger partial charge >= 0.3 is 6.03 Å². The van der Waals surface area contributed by atoms with Crippen molar-refractivity contribution in [3.63, 3.8) is 0 Å². The molecular formula is C14H26N6O. The summed E-state index contributed by atoms with van der Waals surface area (Å²) in [5.41, 5.74) is 5.86. The molecule has 0 radical (unpaired) electrons. The Kier molecular flexibility index (Phi) is 5.75. The van der Waals surface area contributed by atoms with E-state index in [4.69, 9.17) is 5.73 Å². The van der Waals surface area contributed by atoms with Crippen LogP contribution in [0.15, 0.2) is 0 Å². The molecule has 1 aromatic heterocycles. The lowest BCUT2D eigenvalue weighted by Gasteiger charge is -2.21. The van der Waals surface area contributed by atoms with E-state index in [0.717, 1.165) is 29.6 Å². The third-order valence-corrected chi connectivity index (χ3v) is 2.88. The summed E-state index contributed by atoms with van der Waals surface area (Å²) in [6, 6.07) is -0.528. The van der Waals surface area contributed by atoms with Crippen LogP contribution in [0.2, 0.25) is 0 Å². The Labute approximate surface area is 126 Å². The number of hydrogen-bond donors (Lipinski definition) is 4. The van der Waals surface area contributed by atoms with Crippen LogP contribution in [0.5, 0.6) is 0 Å². The number of nitrogens with two attached hydrogens (primary N) is 1. The van der Waals surface area contributed by atoms with Crippen LogP contribution in [0.4, 0.5) is 16.4 Å². The first-order chi connectivity index (χ1) is 9.75. The second-order valence-electron chi connectivity index (χ2n) is 5.87.